The second-order valence-electron chi connectivity index (χ2n) is 7.88. The topological polar surface area (TPSA) is 66.7 Å². The van der Waals surface area contributed by atoms with Gasteiger partial charge in [-0.15, -0.1) is 0 Å². The number of benzene rings is 1. The van der Waals surface area contributed by atoms with Crippen LogP contribution in [0.25, 0.3) is 0 Å². The molecule has 0 radical (unpaired) electrons. The number of sulfonamides is 1. The molecule has 2 heterocycles. The summed E-state index contributed by atoms with van der Waals surface area (Å²) >= 11 is 0. The van der Waals surface area contributed by atoms with E-state index < -0.39 is 10.0 Å². The first-order chi connectivity index (χ1) is 12.2. The summed E-state index contributed by atoms with van der Waals surface area (Å²) < 4.78 is 32.5. The minimum atomic E-state index is -3.44. The zero-order valence-electron chi connectivity index (χ0n) is 15.9. The average molecular weight is 378 g/mol. The van der Waals surface area contributed by atoms with E-state index in [0.717, 1.165) is 17.0 Å². The smallest absolute Gasteiger partial charge is 0.243 e. The van der Waals surface area contributed by atoms with E-state index in [2.05, 4.69) is 30.8 Å². The fourth-order valence-electron chi connectivity index (χ4n) is 3.13. The Labute approximate surface area is 155 Å². The van der Waals surface area contributed by atoms with E-state index >= 15 is 0 Å². The lowest BCUT2D eigenvalue weighted by Crippen LogP contribution is -2.48. The third-order valence-electron chi connectivity index (χ3n) is 4.75. The summed E-state index contributed by atoms with van der Waals surface area (Å²) in [4.78, 5) is 2.57. The summed E-state index contributed by atoms with van der Waals surface area (Å²) in [7, 11) is -3.44. The number of hydrogen-bond donors (Lipinski definition) is 0. The van der Waals surface area contributed by atoms with Crippen LogP contribution in [-0.4, -0.2) is 49.0 Å². The molecular weight excluding hydrogens is 350 g/mol. The summed E-state index contributed by atoms with van der Waals surface area (Å²) in [5.74, 6) is 0.792. The zero-order valence-corrected chi connectivity index (χ0v) is 16.7. The molecule has 0 amide bonds. The Bertz CT molecular complexity index is 843. The average Bonchev–Trinajstić information content (AvgIpc) is 2.99. The van der Waals surface area contributed by atoms with Crippen molar-refractivity contribution in [1.29, 1.82) is 0 Å². The molecule has 0 spiro atoms. The first-order valence-corrected chi connectivity index (χ1v) is 10.4. The van der Waals surface area contributed by atoms with Gasteiger partial charge in [0.1, 0.15) is 5.76 Å². The highest BCUT2D eigenvalue weighted by molar-refractivity contribution is 7.89. The quantitative estimate of drug-likeness (QED) is 0.820. The number of rotatable bonds is 4. The number of aromatic nitrogens is 1. The van der Waals surface area contributed by atoms with Gasteiger partial charge in [0, 0.05) is 38.8 Å². The molecule has 1 aliphatic rings. The number of nitrogens with zero attached hydrogens (tertiary/aromatic N) is 3. The highest BCUT2D eigenvalue weighted by Crippen LogP contribution is 2.25. The van der Waals surface area contributed by atoms with Crippen molar-refractivity contribution in [2.75, 3.05) is 26.2 Å². The van der Waals surface area contributed by atoms with Crippen molar-refractivity contribution < 1.29 is 12.9 Å². The third-order valence-corrected chi connectivity index (χ3v) is 6.66. The largest absolute Gasteiger partial charge is 0.361 e. The monoisotopic (exact) mass is 377 g/mol. The third kappa shape index (κ3) is 4.16. The van der Waals surface area contributed by atoms with Gasteiger partial charge in [-0.25, -0.2) is 8.42 Å². The number of hydrogen-bond acceptors (Lipinski definition) is 5. The van der Waals surface area contributed by atoms with Gasteiger partial charge in [0.25, 0.3) is 0 Å². The van der Waals surface area contributed by atoms with Crippen molar-refractivity contribution in [3.8, 4) is 0 Å². The lowest BCUT2D eigenvalue weighted by Gasteiger charge is -2.33. The Balaban J connectivity index is 1.64. The molecule has 0 bridgehead atoms. The molecule has 0 saturated carbocycles. The molecule has 0 atom stereocenters. The van der Waals surface area contributed by atoms with Crippen molar-refractivity contribution in [3.05, 3.63) is 47.3 Å². The normalized spacial score (nSPS) is 17.5. The summed E-state index contributed by atoms with van der Waals surface area (Å²) in [5.41, 5.74) is 2.02. The van der Waals surface area contributed by atoms with Crippen LogP contribution in [-0.2, 0) is 22.0 Å². The molecule has 3 rings (SSSR count). The summed E-state index contributed by atoms with van der Waals surface area (Å²) in [5, 5.41) is 4.00. The van der Waals surface area contributed by atoms with E-state index in [1.54, 1.807) is 16.4 Å². The first-order valence-electron chi connectivity index (χ1n) is 8.91. The summed E-state index contributed by atoms with van der Waals surface area (Å²) in [6.07, 6.45) is 0. The maximum atomic E-state index is 12.9. The van der Waals surface area contributed by atoms with Crippen molar-refractivity contribution in [3.63, 3.8) is 0 Å². The molecule has 6 nitrogen and oxygen atoms in total. The molecule has 0 aliphatic carbocycles. The SMILES string of the molecule is Cc1cc(CN2CCN(S(=O)(=O)c3ccc(C(C)(C)C)cc3)CC2)no1. The highest BCUT2D eigenvalue weighted by Gasteiger charge is 2.29. The van der Waals surface area contributed by atoms with E-state index in [-0.39, 0.29) is 5.41 Å². The van der Waals surface area contributed by atoms with Gasteiger partial charge in [0.2, 0.25) is 10.0 Å². The first kappa shape index (κ1) is 19.1. The Morgan fingerprint density at radius 3 is 2.19 bits per heavy atom. The van der Waals surface area contributed by atoms with Crippen LogP contribution in [0.1, 0.15) is 37.8 Å². The van der Waals surface area contributed by atoms with Crippen LogP contribution in [0, 0.1) is 6.92 Å². The van der Waals surface area contributed by atoms with Crippen LogP contribution < -0.4 is 0 Å². The molecular formula is C19H27N3O3S. The van der Waals surface area contributed by atoms with Crippen molar-refractivity contribution in [2.24, 2.45) is 0 Å². The predicted molar refractivity (Wildman–Crippen MR) is 100 cm³/mol. The maximum absolute atomic E-state index is 12.9. The summed E-state index contributed by atoms with van der Waals surface area (Å²) in [6, 6.07) is 9.19. The molecule has 1 aliphatic heterocycles. The van der Waals surface area contributed by atoms with E-state index in [0.29, 0.717) is 37.6 Å². The molecule has 7 heteroatoms. The van der Waals surface area contributed by atoms with Crippen LogP contribution in [0.5, 0.6) is 0 Å². The second-order valence-corrected chi connectivity index (χ2v) is 9.82. The number of piperazine rings is 1. The minimum Gasteiger partial charge on any atom is -0.361 e. The maximum Gasteiger partial charge on any atom is 0.243 e. The van der Waals surface area contributed by atoms with Gasteiger partial charge >= 0.3 is 0 Å². The second kappa shape index (κ2) is 7.13. The Kier molecular flexibility index (Phi) is 5.23. The van der Waals surface area contributed by atoms with Crippen LogP contribution in [0.4, 0.5) is 0 Å². The summed E-state index contributed by atoms with van der Waals surface area (Å²) in [6.45, 7) is 11.2. The molecule has 2 aromatic rings. The van der Waals surface area contributed by atoms with Gasteiger partial charge in [0.05, 0.1) is 10.6 Å². The molecule has 0 unspecified atom stereocenters. The standard InChI is InChI=1S/C19H27N3O3S/c1-15-13-17(20-25-15)14-21-9-11-22(12-10-21)26(23,24)18-7-5-16(6-8-18)19(2,3)4/h5-8,13H,9-12,14H2,1-4H3. The predicted octanol–water partition coefficient (Wildman–Crippen LogP) is 2.79. The zero-order chi connectivity index (χ0) is 18.9. The van der Waals surface area contributed by atoms with Gasteiger partial charge in [-0.05, 0) is 30.0 Å². The van der Waals surface area contributed by atoms with Crippen LogP contribution in [0.3, 0.4) is 0 Å². The Hall–Kier alpha value is -1.70. The minimum absolute atomic E-state index is 0.00733. The molecule has 0 N–H and O–H groups in total. The lowest BCUT2D eigenvalue weighted by atomic mass is 9.87. The van der Waals surface area contributed by atoms with Gasteiger partial charge in [0.15, 0.2) is 0 Å². The van der Waals surface area contributed by atoms with Crippen LogP contribution in [0.2, 0.25) is 0 Å². The van der Waals surface area contributed by atoms with Gasteiger partial charge in [-0.1, -0.05) is 38.1 Å². The van der Waals surface area contributed by atoms with E-state index in [9.17, 15) is 8.42 Å². The van der Waals surface area contributed by atoms with Crippen molar-refractivity contribution in [1.82, 2.24) is 14.4 Å². The van der Waals surface area contributed by atoms with E-state index in [4.69, 9.17) is 4.52 Å². The van der Waals surface area contributed by atoms with Crippen LogP contribution >= 0.6 is 0 Å². The van der Waals surface area contributed by atoms with Crippen molar-refractivity contribution in [2.45, 2.75) is 44.6 Å². The van der Waals surface area contributed by atoms with E-state index in [1.807, 2.05) is 25.1 Å². The van der Waals surface area contributed by atoms with Gasteiger partial charge in [-0.2, -0.15) is 4.31 Å². The molecule has 26 heavy (non-hydrogen) atoms. The molecule has 1 fully saturated rings. The van der Waals surface area contributed by atoms with Crippen LogP contribution in [0.15, 0.2) is 39.8 Å². The Morgan fingerprint density at radius 1 is 1.08 bits per heavy atom. The fourth-order valence-corrected chi connectivity index (χ4v) is 4.55. The molecule has 1 aromatic heterocycles. The van der Waals surface area contributed by atoms with Crippen molar-refractivity contribution >= 4 is 10.0 Å². The molecule has 1 saturated heterocycles. The number of aryl methyl sites for hydroxylation is 1. The van der Waals surface area contributed by atoms with Gasteiger partial charge in [-0.3, -0.25) is 4.90 Å². The fraction of sp³-hybridized carbons (Fsp3) is 0.526. The Morgan fingerprint density at radius 2 is 1.69 bits per heavy atom. The van der Waals surface area contributed by atoms with E-state index in [1.165, 1.54) is 0 Å². The lowest BCUT2D eigenvalue weighted by molar-refractivity contribution is 0.177. The highest BCUT2D eigenvalue weighted by atomic mass is 32.2. The van der Waals surface area contributed by atoms with Gasteiger partial charge < -0.3 is 4.52 Å². The molecule has 142 valence electrons. The molecule has 1 aromatic carbocycles.